The number of aromatic carboxylic acids is 1. The number of nitrogens with one attached hydrogen (secondary N) is 3. The molecule has 0 saturated carbocycles. The van der Waals surface area contributed by atoms with Crippen molar-refractivity contribution in [3.8, 4) is 40.9 Å². The Morgan fingerprint density at radius 1 is 0.857 bits per heavy atom. The Morgan fingerprint density at radius 2 is 1.58 bits per heavy atom. The van der Waals surface area contributed by atoms with Crippen LogP contribution in [0.2, 0.25) is 0 Å². The van der Waals surface area contributed by atoms with Gasteiger partial charge in [-0.05, 0) is 86.7 Å². The van der Waals surface area contributed by atoms with Gasteiger partial charge in [-0.25, -0.2) is 9.59 Å². The van der Waals surface area contributed by atoms with Crippen LogP contribution in [0.5, 0.6) is 17.2 Å². The summed E-state index contributed by atoms with van der Waals surface area (Å²) < 4.78 is 72.6. The standard InChI is InChI=1S/C61H76IN3O23S3/c1-11-63-34-27-81-40(25-38(34)76-6)86-53-48(69)45(65-88-41-24-35(66)55(31(5)82-41)90-57(73)42-28(2)44(62)51(54(79-9)50(42)77-7)87-58-49(70)52(78-8)47(68)30(4)84-58)29(3)83-59(53)85-37-19-14-12-13-17-22-61(75)26-36(67)46(64-60(74)80-10)43(37)33(61)21-23-89-91-39-20-16-15-18-32(39)56(71)72/h12-13,15-16,18,20-21,29-31,34-35,37-38,40-41,45,47-49,52-53,55,58-59,63,65-66,68-70,75H,11,23-27H2,1-10H3,(H,64,74)(H,71,72)/b13-12-,33-21+/t29-,30+,31-,34+,35+,37+,38+,40+,41+,45-,47+,48+,49-,52-,53-,55-,58+,59+,61+/m1/s1. The molecule has 19 atom stereocenters. The average molecular weight is 1440 g/mol. The number of carbonyl (C=O) groups excluding carboxylic acids is 3. The van der Waals surface area contributed by atoms with E-state index in [1.54, 1.807) is 59.1 Å². The minimum Gasteiger partial charge on any atom is -0.492 e. The Balaban J connectivity index is 1.03. The molecular weight excluding hydrogens is 1370 g/mol. The second-order valence-electron chi connectivity index (χ2n) is 21.7. The summed E-state index contributed by atoms with van der Waals surface area (Å²) in [6.45, 7) is 9.26. The van der Waals surface area contributed by atoms with Gasteiger partial charge in [0.2, 0.25) is 17.2 Å². The summed E-state index contributed by atoms with van der Waals surface area (Å²) in [7, 11) is 9.09. The molecule has 30 heteroatoms. The topological polar surface area (TPSA) is 346 Å². The number of aliphatic hydroxyl groups is 5. The SMILES string of the molecule is CCN[C@H]1CO[C@@H](O[C@H]2[C@H](O[C@H]3C#C/C=C\C#C[C@]4(O)CC(=O)C(NC(=O)OC)=C3/C4=C\CSSc3ccccc3C(=O)O)O[C@H](C)[C@@H](NO[C@H]3C[C@H](O)[C@H](SC(=O)c4c(C)c(I)c(O[C@@H]5O[C@@H](C)[C@H](O)[C@@H](OC)[C@H]5O)c(OC)c4OC)[C@@H](C)O3)[C@@H]2O)C[C@@H]1OC. The third kappa shape index (κ3) is 16.6. The van der Waals surface area contributed by atoms with E-state index in [-0.39, 0.29) is 76.5 Å². The Kier molecular flexibility index (Phi) is 26.0. The molecule has 9 N–H and O–H groups in total. The Morgan fingerprint density at radius 3 is 2.26 bits per heavy atom. The number of carboxylic acids is 1. The molecule has 0 aromatic heterocycles. The lowest BCUT2D eigenvalue weighted by atomic mass is 9.75. The number of ether oxygens (including phenoxy) is 12. The molecule has 8 rings (SSSR count). The lowest BCUT2D eigenvalue weighted by molar-refractivity contribution is -0.336. The van der Waals surface area contributed by atoms with E-state index in [0.29, 0.717) is 20.6 Å². The van der Waals surface area contributed by atoms with Crippen LogP contribution in [0.15, 0.2) is 64.2 Å². The third-order valence-corrected chi connectivity index (χ3v) is 20.9. The number of fused-ring (bicyclic) bond motifs is 2. The van der Waals surface area contributed by atoms with Crippen molar-refractivity contribution in [1.82, 2.24) is 16.1 Å². The summed E-state index contributed by atoms with van der Waals surface area (Å²) in [6.07, 6.45) is -14.8. The predicted molar refractivity (Wildman–Crippen MR) is 338 cm³/mol. The highest BCUT2D eigenvalue weighted by Gasteiger charge is 2.52. The number of carboxylic acid groups (broad SMARTS) is 1. The highest BCUT2D eigenvalue weighted by Crippen LogP contribution is 2.49. The lowest BCUT2D eigenvalue weighted by Gasteiger charge is -2.46. The van der Waals surface area contributed by atoms with E-state index >= 15 is 0 Å². The van der Waals surface area contributed by atoms with Crippen molar-refractivity contribution in [2.75, 3.05) is 54.5 Å². The highest BCUT2D eigenvalue weighted by atomic mass is 127. The van der Waals surface area contributed by atoms with Crippen LogP contribution in [0.3, 0.4) is 0 Å². The van der Waals surface area contributed by atoms with E-state index < -0.39 is 139 Å². The van der Waals surface area contributed by atoms with Crippen LogP contribution >= 0.6 is 55.9 Å². The van der Waals surface area contributed by atoms with Crippen LogP contribution < -0.4 is 30.3 Å². The van der Waals surface area contributed by atoms with Gasteiger partial charge < -0.3 is 92.8 Å². The summed E-state index contributed by atoms with van der Waals surface area (Å²) in [5, 5.41) is 72.8. The van der Waals surface area contributed by atoms with Gasteiger partial charge in [-0.3, -0.25) is 19.7 Å². The molecule has 498 valence electrons. The molecule has 0 unspecified atom stereocenters. The van der Waals surface area contributed by atoms with Crippen molar-refractivity contribution in [3.63, 3.8) is 0 Å². The molecule has 1 amide bonds. The summed E-state index contributed by atoms with van der Waals surface area (Å²) in [4.78, 5) is 60.5. The molecule has 6 aliphatic rings. The van der Waals surface area contributed by atoms with Crippen LogP contribution in [-0.2, 0) is 52.3 Å². The van der Waals surface area contributed by atoms with Gasteiger partial charge in [0.25, 0.3) is 0 Å². The van der Waals surface area contributed by atoms with Gasteiger partial charge in [0.1, 0.15) is 36.6 Å². The van der Waals surface area contributed by atoms with E-state index in [9.17, 15) is 49.8 Å². The number of hydrogen-bond donors (Lipinski definition) is 9. The summed E-state index contributed by atoms with van der Waals surface area (Å²) in [5.41, 5.74) is 0.864. The number of hydroxylamine groups is 1. The van der Waals surface area contributed by atoms with Crippen LogP contribution in [0.1, 0.15) is 73.2 Å². The van der Waals surface area contributed by atoms with Crippen molar-refractivity contribution in [2.24, 2.45) is 0 Å². The lowest BCUT2D eigenvalue weighted by Crippen LogP contribution is -2.65. The second-order valence-corrected chi connectivity index (χ2v) is 26.3. The van der Waals surface area contributed by atoms with E-state index in [4.69, 9.17) is 61.7 Å². The molecule has 2 aliphatic carbocycles. The van der Waals surface area contributed by atoms with Crippen LogP contribution in [0, 0.1) is 34.2 Å². The first-order valence-electron chi connectivity index (χ1n) is 29.0. The number of ketones is 1. The van der Waals surface area contributed by atoms with Crippen LogP contribution in [0.4, 0.5) is 4.79 Å². The van der Waals surface area contributed by atoms with Crippen molar-refractivity contribution in [3.05, 3.63) is 79.6 Å². The molecule has 0 radical (unpaired) electrons. The van der Waals surface area contributed by atoms with Gasteiger partial charge in [0.05, 0.1) is 103 Å². The molecule has 2 aromatic rings. The molecule has 2 bridgehead atoms. The van der Waals surface area contributed by atoms with E-state index in [2.05, 4.69) is 39.8 Å². The quantitative estimate of drug-likeness (QED) is 0.0252. The average Bonchev–Trinajstić information content (AvgIpc) is 0.772. The number of Topliss-reactive ketones (excluding diaryl/α,β-unsaturated/α-hetero) is 1. The van der Waals surface area contributed by atoms with Crippen molar-refractivity contribution in [1.29, 1.82) is 0 Å². The molecule has 0 spiro atoms. The maximum absolute atomic E-state index is 14.5. The number of benzene rings is 2. The van der Waals surface area contributed by atoms with E-state index in [0.717, 1.165) is 29.7 Å². The fourth-order valence-corrected chi connectivity index (χ4v) is 15.0. The summed E-state index contributed by atoms with van der Waals surface area (Å²) in [6, 6.07) is 5.07. The molecule has 91 heavy (non-hydrogen) atoms. The number of aliphatic hydroxyl groups excluding tert-OH is 4. The maximum atomic E-state index is 14.5. The fraction of sp³-hybridized carbons (Fsp3) is 0.574. The second kappa shape index (κ2) is 32.7. The minimum absolute atomic E-state index is 0.0111. The zero-order valence-corrected chi connectivity index (χ0v) is 56.0. The van der Waals surface area contributed by atoms with Crippen LogP contribution in [0.25, 0.3) is 0 Å². The molecule has 26 nitrogen and oxygen atoms in total. The fourth-order valence-electron chi connectivity index (χ4n) is 11.2. The number of amides is 1. The van der Waals surface area contributed by atoms with E-state index in [1.807, 2.05) is 29.5 Å². The van der Waals surface area contributed by atoms with Gasteiger partial charge in [-0.2, -0.15) is 5.48 Å². The summed E-state index contributed by atoms with van der Waals surface area (Å²) in [5.74, 6) is 9.72. The Bertz CT molecular complexity index is 3180. The van der Waals surface area contributed by atoms with Gasteiger partial charge in [-0.1, -0.05) is 82.2 Å². The maximum Gasteiger partial charge on any atom is 0.411 e. The van der Waals surface area contributed by atoms with Gasteiger partial charge in [0, 0.05) is 48.9 Å². The zero-order chi connectivity index (χ0) is 66.0. The number of hydrogen-bond acceptors (Lipinski definition) is 27. The number of methoxy groups -OCH3 is 5. The normalized spacial score (nSPS) is 34.0. The first-order valence-corrected chi connectivity index (χ1v) is 33.3. The van der Waals surface area contributed by atoms with E-state index in [1.165, 1.54) is 50.3 Å². The third-order valence-electron chi connectivity index (χ3n) is 15.9. The molecule has 2 aromatic carbocycles. The Labute approximate surface area is 552 Å². The minimum atomic E-state index is -2.19. The number of carbonyl (C=O) groups is 4. The van der Waals surface area contributed by atoms with Crippen molar-refractivity contribution in [2.45, 2.75) is 174 Å². The number of alkyl carbamates (subject to hydrolysis) is 1. The molecular formula is C61H76IN3O23S3. The smallest absolute Gasteiger partial charge is 0.411 e. The van der Waals surface area contributed by atoms with Crippen LogP contribution in [-0.4, -0.2) is 223 Å². The molecule has 4 heterocycles. The van der Waals surface area contributed by atoms with Gasteiger partial charge in [0.15, 0.2) is 41.8 Å². The first kappa shape index (κ1) is 72.2. The largest absolute Gasteiger partial charge is 0.492 e. The monoisotopic (exact) mass is 1440 g/mol. The van der Waals surface area contributed by atoms with Crippen molar-refractivity contribution >= 4 is 78.9 Å². The van der Waals surface area contributed by atoms with Gasteiger partial charge in [-0.15, -0.1) is 0 Å². The van der Waals surface area contributed by atoms with Gasteiger partial charge >= 0.3 is 12.1 Å². The summed E-state index contributed by atoms with van der Waals surface area (Å²) >= 11 is 2.80. The number of rotatable bonds is 23. The number of thioether (sulfide) groups is 1. The molecule has 4 aliphatic heterocycles. The Hall–Kier alpha value is -4.60. The molecule has 4 saturated heterocycles. The van der Waals surface area contributed by atoms with Crippen molar-refractivity contribution < 1.29 is 111 Å². The number of allylic oxidation sites excluding steroid dienone is 3. The predicted octanol–water partition coefficient (Wildman–Crippen LogP) is 3.68. The molecule has 4 fully saturated rings. The first-order chi connectivity index (χ1) is 43.5. The number of likely N-dealkylation sites (N-methyl/N-ethyl adjacent to an activating group) is 1. The number of halogens is 1. The highest BCUT2D eigenvalue weighted by molar-refractivity contribution is 14.1. The zero-order valence-electron chi connectivity index (χ0n) is 51.4.